The van der Waals surface area contributed by atoms with E-state index in [1.54, 1.807) is 6.20 Å². The molecule has 2 aromatic heterocycles. The van der Waals surface area contributed by atoms with E-state index in [4.69, 9.17) is 11.5 Å². The van der Waals surface area contributed by atoms with Gasteiger partial charge in [-0.25, -0.2) is 0 Å². The fourth-order valence-electron chi connectivity index (χ4n) is 2.26. The van der Waals surface area contributed by atoms with Gasteiger partial charge in [-0.15, -0.1) is 0 Å². The van der Waals surface area contributed by atoms with E-state index < -0.39 is 5.91 Å². The average molecular weight is 256 g/mol. The van der Waals surface area contributed by atoms with Gasteiger partial charge in [0, 0.05) is 28.7 Å². The third-order valence-corrected chi connectivity index (χ3v) is 3.14. The van der Waals surface area contributed by atoms with E-state index in [1.165, 1.54) is 6.20 Å². The number of amides is 1. The third-order valence-electron chi connectivity index (χ3n) is 3.14. The second kappa shape index (κ2) is 4.68. The molecule has 0 aromatic carbocycles. The molecule has 0 unspecified atom stereocenters. The first kappa shape index (κ1) is 13.0. The monoisotopic (exact) mass is 256 g/mol. The first-order valence-electron chi connectivity index (χ1n) is 5.91. The molecule has 0 aliphatic heterocycles. The summed E-state index contributed by atoms with van der Waals surface area (Å²) in [4.78, 5) is 20.2. The molecule has 0 aliphatic carbocycles. The Morgan fingerprint density at radius 2 is 1.74 bits per heavy atom. The zero-order chi connectivity index (χ0) is 14.2. The third kappa shape index (κ3) is 2.14. The number of carbonyl (C=O) groups is 1. The van der Waals surface area contributed by atoms with Crippen molar-refractivity contribution in [2.75, 3.05) is 5.73 Å². The normalized spacial score (nSPS) is 10.5. The number of aromatic nitrogens is 2. The molecular formula is C14H16N4O. The van der Waals surface area contributed by atoms with Crippen LogP contribution in [0.4, 0.5) is 5.69 Å². The number of rotatable bonds is 2. The highest BCUT2D eigenvalue weighted by Gasteiger charge is 2.20. The van der Waals surface area contributed by atoms with Crippen LogP contribution in [0.15, 0.2) is 18.5 Å². The number of carbonyl (C=O) groups excluding carboxylic acids is 1. The van der Waals surface area contributed by atoms with Crippen LogP contribution in [0.2, 0.25) is 0 Å². The summed E-state index contributed by atoms with van der Waals surface area (Å²) in [6.45, 7) is 5.67. The lowest BCUT2D eigenvalue weighted by Crippen LogP contribution is -2.17. The number of nitrogens with zero attached hydrogens (tertiary/aromatic N) is 2. The number of nitrogens with two attached hydrogens (primary N) is 2. The fourth-order valence-corrected chi connectivity index (χ4v) is 2.26. The van der Waals surface area contributed by atoms with Gasteiger partial charge in [0.25, 0.3) is 5.91 Å². The minimum Gasteiger partial charge on any atom is -0.397 e. The summed E-state index contributed by atoms with van der Waals surface area (Å²) >= 11 is 0. The second-order valence-corrected chi connectivity index (χ2v) is 4.50. The zero-order valence-corrected chi connectivity index (χ0v) is 11.2. The first-order valence-corrected chi connectivity index (χ1v) is 5.91. The lowest BCUT2D eigenvalue weighted by molar-refractivity contribution is 0.100. The van der Waals surface area contributed by atoms with Crippen LogP contribution in [0.3, 0.4) is 0 Å². The molecule has 98 valence electrons. The standard InChI is InChI=1S/C14H16N4O/c1-7-4-5-17-8(2)11(7)12-9(3)18-6-10(15)13(12)14(16)19/h4-6H,15H2,1-3H3,(H2,16,19). The average Bonchev–Trinajstić information content (AvgIpc) is 2.32. The topological polar surface area (TPSA) is 94.9 Å². The Hall–Kier alpha value is -2.43. The van der Waals surface area contributed by atoms with Crippen LogP contribution in [0.1, 0.15) is 27.3 Å². The number of anilines is 1. The Balaban J connectivity index is 2.90. The Kier molecular flexibility index (Phi) is 3.21. The molecule has 0 fully saturated rings. The smallest absolute Gasteiger partial charge is 0.251 e. The summed E-state index contributed by atoms with van der Waals surface area (Å²) in [6, 6.07) is 1.88. The Morgan fingerprint density at radius 1 is 1.11 bits per heavy atom. The minimum atomic E-state index is -0.555. The van der Waals surface area contributed by atoms with Gasteiger partial charge in [0.2, 0.25) is 0 Å². The molecule has 5 heteroatoms. The van der Waals surface area contributed by atoms with Crippen molar-refractivity contribution in [3.63, 3.8) is 0 Å². The largest absolute Gasteiger partial charge is 0.397 e. The molecule has 4 N–H and O–H groups in total. The molecule has 2 rings (SSSR count). The number of hydrogen-bond acceptors (Lipinski definition) is 4. The Morgan fingerprint density at radius 3 is 2.32 bits per heavy atom. The molecule has 0 radical (unpaired) electrons. The highest BCUT2D eigenvalue weighted by Crippen LogP contribution is 2.33. The molecule has 1 amide bonds. The maximum Gasteiger partial charge on any atom is 0.251 e. The molecule has 2 aromatic rings. The van der Waals surface area contributed by atoms with Crippen molar-refractivity contribution in [1.82, 2.24) is 9.97 Å². The lowest BCUT2D eigenvalue weighted by atomic mass is 9.93. The molecule has 2 heterocycles. The molecule has 0 spiro atoms. The SMILES string of the molecule is Cc1ccnc(C)c1-c1c(C)ncc(N)c1C(N)=O. The van der Waals surface area contributed by atoms with Crippen LogP contribution < -0.4 is 11.5 Å². The zero-order valence-electron chi connectivity index (χ0n) is 11.2. The van der Waals surface area contributed by atoms with Gasteiger partial charge in [-0.3, -0.25) is 14.8 Å². The van der Waals surface area contributed by atoms with Crippen molar-refractivity contribution in [2.24, 2.45) is 5.73 Å². The van der Waals surface area contributed by atoms with E-state index in [0.29, 0.717) is 16.8 Å². The lowest BCUT2D eigenvalue weighted by Gasteiger charge is -2.15. The van der Waals surface area contributed by atoms with Crippen molar-refractivity contribution >= 4 is 11.6 Å². The van der Waals surface area contributed by atoms with Crippen LogP contribution in [0.5, 0.6) is 0 Å². The summed E-state index contributed by atoms with van der Waals surface area (Å²) in [5, 5.41) is 0. The maximum absolute atomic E-state index is 11.7. The number of aryl methyl sites for hydroxylation is 3. The van der Waals surface area contributed by atoms with Gasteiger partial charge in [0.05, 0.1) is 17.4 Å². The number of nitrogen functional groups attached to an aromatic ring is 1. The van der Waals surface area contributed by atoms with E-state index in [9.17, 15) is 4.79 Å². The summed E-state index contributed by atoms with van der Waals surface area (Å²) in [7, 11) is 0. The molecule has 0 bridgehead atoms. The summed E-state index contributed by atoms with van der Waals surface area (Å²) in [6.07, 6.45) is 3.19. The van der Waals surface area contributed by atoms with Crippen LogP contribution in [0.25, 0.3) is 11.1 Å². The summed E-state index contributed by atoms with van der Waals surface area (Å²) in [5.41, 5.74) is 16.0. The van der Waals surface area contributed by atoms with Gasteiger partial charge in [-0.1, -0.05) is 0 Å². The Bertz CT molecular complexity index is 644. The first-order chi connectivity index (χ1) is 8.93. The molecular weight excluding hydrogens is 240 g/mol. The highest BCUT2D eigenvalue weighted by molar-refractivity contribution is 6.05. The van der Waals surface area contributed by atoms with E-state index >= 15 is 0 Å². The van der Waals surface area contributed by atoms with Crippen molar-refractivity contribution in [1.29, 1.82) is 0 Å². The molecule has 0 aliphatic rings. The molecule has 5 nitrogen and oxygen atoms in total. The van der Waals surface area contributed by atoms with Gasteiger partial charge >= 0.3 is 0 Å². The quantitative estimate of drug-likeness (QED) is 0.855. The second-order valence-electron chi connectivity index (χ2n) is 4.50. The van der Waals surface area contributed by atoms with Crippen LogP contribution in [-0.4, -0.2) is 15.9 Å². The van der Waals surface area contributed by atoms with Crippen LogP contribution in [0, 0.1) is 20.8 Å². The van der Waals surface area contributed by atoms with Crippen LogP contribution in [-0.2, 0) is 0 Å². The molecule has 19 heavy (non-hydrogen) atoms. The summed E-state index contributed by atoms with van der Waals surface area (Å²) in [5.74, 6) is -0.555. The molecule has 0 atom stereocenters. The van der Waals surface area contributed by atoms with E-state index in [0.717, 1.165) is 16.8 Å². The van der Waals surface area contributed by atoms with Gasteiger partial charge in [-0.05, 0) is 32.4 Å². The number of primary amides is 1. The van der Waals surface area contributed by atoms with Gasteiger partial charge < -0.3 is 11.5 Å². The van der Waals surface area contributed by atoms with Crippen molar-refractivity contribution < 1.29 is 4.79 Å². The predicted molar refractivity (Wildman–Crippen MR) is 74.6 cm³/mol. The van der Waals surface area contributed by atoms with Crippen molar-refractivity contribution in [2.45, 2.75) is 20.8 Å². The number of hydrogen-bond donors (Lipinski definition) is 2. The minimum absolute atomic E-state index is 0.288. The Labute approximate surface area is 111 Å². The van der Waals surface area contributed by atoms with Gasteiger partial charge in [0.15, 0.2) is 0 Å². The highest BCUT2D eigenvalue weighted by atomic mass is 16.1. The summed E-state index contributed by atoms with van der Waals surface area (Å²) < 4.78 is 0. The van der Waals surface area contributed by atoms with E-state index in [2.05, 4.69) is 9.97 Å². The number of pyridine rings is 2. The van der Waals surface area contributed by atoms with Crippen molar-refractivity contribution in [3.05, 3.63) is 41.0 Å². The molecule has 0 saturated carbocycles. The van der Waals surface area contributed by atoms with E-state index in [-0.39, 0.29) is 5.69 Å². The van der Waals surface area contributed by atoms with Gasteiger partial charge in [0.1, 0.15) is 0 Å². The van der Waals surface area contributed by atoms with Crippen LogP contribution >= 0.6 is 0 Å². The van der Waals surface area contributed by atoms with Crippen molar-refractivity contribution in [3.8, 4) is 11.1 Å². The van der Waals surface area contributed by atoms with Gasteiger partial charge in [-0.2, -0.15) is 0 Å². The predicted octanol–water partition coefficient (Wildman–Crippen LogP) is 1.75. The maximum atomic E-state index is 11.7. The van der Waals surface area contributed by atoms with E-state index in [1.807, 2.05) is 26.8 Å². The fraction of sp³-hybridized carbons (Fsp3) is 0.214. The molecule has 0 saturated heterocycles.